The first-order valence-electron chi connectivity index (χ1n) is 8.30. The van der Waals surface area contributed by atoms with Crippen molar-refractivity contribution in [3.8, 4) is 0 Å². The summed E-state index contributed by atoms with van der Waals surface area (Å²) in [6, 6.07) is 0. The molecule has 0 amide bonds. The van der Waals surface area contributed by atoms with E-state index in [1.54, 1.807) is 0 Å². The van der Waals surface area contributed by atoms with Crippen molar-refractivity contribution in [2.24, 2.45) is 0 Å². The third-order valence-electron chi connectivity index (χ3n) is 4.40. The Bertz CT molecular complexity index is 406. The molecule has 3 aliphatic rings. The topological polar surface area (TPSA) is 75.6 Å². The second kappa shape index (κ2) is 5.91. The largest absolute Gasteiger partial charge is 0.387 e. The molecule has 2 saturated heterocycles. The van der Waals surface area contributed by atoms with E-state index in [4.69, 9.17) is 28.4 Å². The summed E-state index contributed by atoms with van der Waals surface area (Å²) < 4.78 is 35.3. The highest BCUT2D eigenvalue weighted by atomic mass is 16.8. The summed E-state index contributed by atoms with van der Waals surface area (Å²) in [6.45, 7) is 11.6. The predicted octanol–water partition coefficient (Wildman–Crippen LogP) is 1.17. The van der Waals surface area contributed by atoms with Crippen molar-refractivity contribution in [2.45, 2.75) is 96.0 Å². The van der Waals surface area contributed by atoms with Gasteiger partial charge in [0.1, 0.15) is 36.6 Å². The van der Waals surface area contributed by atoms with Gasteiger partial charge in [-0.2, -0.15) is 0 Å². The van der Waals surface area contributed by atoms with Gasteiger partial charge in [0.25, 0.3) is 0 Å². The van der Waals surface area contributed by atoms with Gasteiger partial charge in [0.05, 0.1) is 0 Å². The molecule has 1 saturated carbocycles. The van der Waals surface area contributed by atoms with Gasteiger partial charge in [0.15, 0.2) is 17.9 Å². The van der Waals surface area contributed by atoms with Crippen LogP contribution in [0.15, 0.2) is 0 Å². The van der Waals surface area contributed by atoms with E-state index in [9.17, 15) is 5.11 Å². The Morgan fingerprint density at radius 1 is 0.913 bits per heavy atom. The van der Waals surface area contributed by atoms with Gasteiger partial charge in [-0.3, -0.25) is 0 Å². The number of fused-ring (bicyclic) bond motifs is 2. The Balaban J connectivity index is 1.86. The van der Waals surface area contributed by atoms with Crippen molar-refractivity contribution in [1.29, 1.82) is 0 Å². The molecule has 7 nitrogen and oxygen atoms in total. The molecule has 0 aromatic carbocycles. The van der Waals surface area contributed by atoms with Gasteiger partial charge in [-0.15, -0.1) is 0 Å². The molecular weight excluding hydrogens is 304 g/mol. The van der Waals surface area contributed by atoms with E-state index >= 15 is 0 Å². The Hall–Kier alpha value is -0.280. The van der Waals surface area contributed by atoms with E-state index in [0.29, 0.717) is 6.61 Å². The minimum Gasteiger partial charge on any atom is -0.387 e. The maximum Gasteiger partial charge on any atom is 0.164 e. The SMILES string of the molecule is CCO[C@H](C)OC1[C@H]2OC(C)(C)O[C@H]2C(O)[C@H]2OC(C)(C)O[C@@H]12. The summed E-state index contributed by atoms with van der Waals surface area (Å²) in [4.78, 5) is 0. The van der Waals surface area contributed by atoms with Crippen LogP contribution >= 0.6 is 0 Å². The van der Waals surface area contributed by atoms with Crippen molar-refractivity contribution >= 4 is 0 Å². The Kier molecular flexibility index (Phi) is 4.51. The van der Waals surface area contributed by atoms with E-state index in [-0.39, 0.29) is 0 Å². The van der Waals surface area contributed by atoms with E-state index in [0.717, 1.165) is 0 Å². The van der Waals surface area contributed by atoms with E-state index in [1.807, 2.05) is 41.5 Å². The zero-order valence-electron chi connectivity index (χ0n) is 14.6. The summed E-state index contributed by atoms with van der Waals surface area (Å²) >= 11 is 0. The van der Waals surface area contributed by atoms with E-state index in [2.05, 4.69) is 0 Å². The average molecular weight is 332 g/mol. The fourth-order valence-corrected chi connectivity index (χ4v) is 3.69. The summed E-state index contributed by atoms with van der Waals surface area (Å²) in [6.07, 6.45) is -3.64. The van der Waals surface area contributed by atoms with Crippen LogP contribution in [0.4, 0.5) is 0 Å². The molecule has 3 rings (SSSR count). The first-order chi connectivity index (χ1) is 10.6. The monoisotopic (exact) mass is 332 g/mol. The van der Waals surface area contributed by atoms with Gasteiger partial charge in [-0.1, -0.05) is 0 Å². The Morgan fingerprint density at radius 2 is 1.35 bits per heavy atom. The number of rotatable bonds is 4. The third kappa shape index (κ3) is 3.28. The van der Waals surface area contributed by atoms with Gasteiger partial charge in [-0.05, 0) is 41.5 Å². The quantitative estimate of drug-likeness (QED) is 0.775. The molecule has 134 valence electrons. The molecule has 0 aromatic rings. The molecule has 0 aromatic heterocycles. The number of hydrogen-bond acceptors (Lipinski definition) is 7. The normalized spacial score (nSPS) is 45.5. The molecule has 0 radical (unpaired) electrons. The first kappa shape index (κ1) is 17.5. The minimum atomic E-state index is -0.837. The van der Waals surface area contributed by atoms with Crippen molar-refractivity contribution in [3.05, 3.63) is 0 Å². The van der Waals surface area contributed by atoms with Gasteiger partial charge < -0.3 is 33.5 Å². The van der Waals surface area contributed by atoms with E-state index in [1.165, 1.54) is 0 Å². The third-order valence-corrected chi connectivity index (χ3v) is 4.40. The molecule has 7 heteroatoms. The van der Waals surface area contributed by atoms with Crippen LogP contribution in [0.1, 0.15) is 41.5 Å². The maximum absolute atomic E-state index is 10.7. The predicted molar refractivity (Wildman–Crippen MR) is 79.6 cm³/mol. The summed E-state index contributed by atoms with van der Waals surface area (Å²) in [5.74, 6) is -1.58. The van der Waals surface area contributed by atoms with Gasteiger partial charge >= 0.3 is 0 Å². The van der Waals surface area contributed by atoms with Crippen LogP contribution in [0.2, 0.25) is 0 Å². The standard InChI is InChI=1S/C16H28O7/c1-7-18-8(2)19-12-13-10(20-15(3,4)22-13)9(17)11-14(12)23-16(5,6)21-11/h8-14,17H,7H2,1-6H3/t8-,9?,10-,11+,12?,13-,14+/m0/s1. The molecule has 0 spiro atoms. The Morgan fingerprint density at radius 3 is 1.78 bits per heavy atom. The lowest BCUT2D eigenvalue weighted by Gasteiger charge is -2.41. The molecule has 2 heterocycles. The molecule has 1 N–H and O–H groups in total. The molecule has 23 heavy (non-hydrogen) atoms. The lowest BCUT2D eigenvalue weighted by molar-refractivity contribution is -0.240. The summed E-state index contributed by atoms with van der Waals surface area (Å²) in [7, 11) is 0. The number of aliphatic hydroxyl groups is 1. The van der Waals surface area contributed by atoms with Crippen LogP contribution in [0.5, 0.6) is 0 Å². The van der Waals surface area contributed by atoms with Crippen molar-refractivity contribution in [2.75, 3.05) is 6.61 Å². The molecule has 0 bridgehead atoms. The second-order valence-electron chi connectivity index (χ2n) is 7.24. The molecule has 2 aliphatic heterocycles. The first-order valence-corrected chi connectivity index (χ1v) is 8.30. The lowest BCUT2D eigenvalue weighted by Crippen LogP contribution is -2.62. The van der Waals surface area contributed by atoms with Gasteiger partial charge in [-0.25, -0.2) is 0 Å². The minimum absolute atomic E-state index is 0.416. The van der Waals surface area contributed by atoms with Crippen LogP contribution in [-0.2, 0) is 28.4 Å². The van der Waals surface area contributed by atoms with E-state index < -0.39 is 54.5 Å². The molecule has 7 atom stereocenters. The number of aliphatic hydroxyl groups excluding tert-OH is 1. The molecule has 3 fully saturated rings. The highest BCUT2D eigenvalue weighted by Crippen LogP contribution is 2.45. The number of ether oxygens (including phenoxy) is 6. The molecule has 2 unspecified atom stereocenters. The maximum atomic E-state index is 10.7. The highest BCUT2D eigenvalue weighted by Gasteiger charge is 2.63. The van der Waals surface area contributed by atoms with Crippen molar-refractivity contribution in [3.63, 3.8) is 0 Å². The molecule has 1 aliphatic carbocycles. The van der Waals surface area contributed by atoms with Crippen LogP contribution in [0.3, 0.4) is 0 Å². The van der Waals surface area contributed by atoms with Crippen LogP contribution < -0.4 is 0 Å². The zero-order chi connectivity index (χ0) is 17.0. The zero-order valence-corrected chi connectivity index (χ0v) is 14.6. The fourth-order valence-electron chi connectivity index (χ4n) is 3.69. The summed E-state index contributed by atoms with van der Waals surface area (Å²) in [5, 5.41) is 10.7. The summed E-state index contributed by atoms with van der Waals surface area (Å²) in [5.41, 5.74) is 0. The van der Waals surface area contributed by atoms with Crippen molar-refractivity contribution in [1.82, 2.24) is 0 Å². The second-order valence-corrected chi connectivity index (χ2v) is 7.24. The fraction of sp³-hybridized carbons (Fsp3) is 1.00. The molecular formula is C16H28O7. The van der Waals surface area contributed by atoms with Crippen LogP contribution in [-0.4, -0.2) is 66.2 Å². The lowest BCUT2D eigenvalue weighted by atomic mass is 9.85. The van der Waals surface area contributed by atoms with Gasteiger partial charge in [0.2, 0.25) is 0 Å². The number of hydrogen-bond donors (Lipinski definition) is 1. The van der Waals surface area contributed by atoms with Gasteiger partial charge in [0, 0.05) is 6.61 Å². The average Bonchev–Trinajstić information content (AvgIpc) is 2.91. The highest BCUT2D eigenvalue weighted by molar-refractivity contribution is 5.08. The smallest absolute Gasteiger partial charge is 0.164 e. The van der Waals surface area contributed by atoms with Crippen LogP contribution in [0, 0.1) is 0 Å². The van der Waals surface area contributed by atoms with Crippen LogP contribution in [0.25, 0.3) is 0 Å². The Labute approximate surface area is 137 Å². The van der Waals surface area contributed by atoms with Crippen molar-refractivity contribution < 1.29 is 33.5 Å².